The number of ether oxygens (including phenoxy) is 1. The molecule has 28 heavy (non-hydrogen) atoms. The van der Waals surface area contributed by atoms with Crippen LogP contribution < -0.4 is 10.2 Å². The predicted octanol–water partition coefficient (Wildman–Crippen LogP) is 4.58. The molecule has 0 aromatic heterocycles. The predicted molar refractivity (Wildman–Crippen MR) is 113 cm³/mol. The minimum atomic E-state index is -0.147. The molecule has 3 rings (SSSR count). The van der Waals surface area contributed by atoms with E-state index in [0.29, 0.717) is 13.0 Å². The molecule has 0 aliphatic carbocycles. The first-order valence-corrected chi connectivity index (χ1v) is 9.25. The third-order valence-electron chi connectivity index (χ3n) is 4.40. The number of carbonyl (C=O) groups is 1. The fraction of sp³-hybridized carbons (Fsp3) is 0.167. The summed E-state index contributed by atoms with van der Waals surface area (Å²) in [6.07, 6.45) is 1.91. The smallest absolute Gasteiger partial charge is 0.244 e. The summed E-state index contributed by atoms with van der Waals surface area (Å²) in [5.74, 6) is 0.574. The zero-order valence-corrected chi connectivity index (χ0v) is 16.2. The first-order valence-electron chi connectivity index (χ1n) is 9.25. The van der Waals surface area contributed by atoms with Gasteiger partial charge in [-0.25, -0.2) is 5.43 Å². The van der Waals surface area contributed by atoms with Gasteiger partial charge in [0.15, 0.2) is 0 Å². The number of hydrogen-bond acceptors (Lipinski definition) is 3. The van der Waals surface area contributed by atoms with Gasteiger partial charge in [0.2, 0.25) is 5.91 Å². The van der Waals surface area contributed by atoms with Crippen molar-refractivity contribution in [1.82, 2.24) is 5.43 Å². The van der Waals surface area contributed by atoms with Crippen LogP contribution in [-0.2, 0) is 17.8 Å². The number of amides is 1. The number of nitrogens with one attached hydrogen (secondary N) is 1. The number of benzene rings is 3. The standard InChI is InChI=1S/C24H24N2O2/c1-18-12-13-21(19(2)14-18)15-24(27)26-25-16-22-10-6-7-11-23(22)28-17-20-8-4-3-5-9-20/h3-14,16H,15,17H2,1-2H3,(H,26,27)/b25-16-. The zero-order valence-electron chi connectivity index (χ0n) is 16.2. The van der Waals surface area contributed by atoms with Crippen LogP contribution in [0.4, 0.5) is 0 Å². The fourth-order valence-corrected chi connectivity index (χ4v) is 2.88. The van der Waals surface area contributed by atoms with Crippen molar-refractivity contribution in [2.45, 2.75) is 26.9 Å². The number of aryl methyl sites for hydroxylation is 2. The Morgan fingerprint density at radius 2 is 1.75 bits per heavy atom. The van der Waals surface area contributed by atoms with Crippen molar-refractivity contribution >= 4 is 12.1 Å². The topological polar surface area (TPSA) is 50.7 Å². The van der Waals surface area contributed by atoms with Gasteiger partial charge in [0, 0.05) is 5.56 Å². The van der Waals surface area contributed by atoms with Crippen LogP contribution in [0, 0.1) is 13.8 Å². The van der Waals surface area contributed by atoms with Crippen LogP contribution in [0.1, 0.15) is 27.8 Å². The van der Waals surface area contributed by atoms with Gasteiger partial charge in [-0.15, -0.1) is 0 Å². The van der Waals surface area contributed by atoms with Crippen molar-refractivity contribution in [3.63, 3.8) is 0 Å². The summed E-state index contributed by atoms with van der Waals surface area (Å²) in [6, 6.07) is 23.7. The van der Waals surface area contributed by atoms with Gasteiger partial charge in [0.1, 0.15) is 12.4 Å². The molecule has 0 unspecified atom stereocenters. The van der Waals surface area contributed by atoms with Crippen molar-refractivity contribution in [2.75, 3.05) is 0 Å². The molecule has 0 spiro atoms. The number of carbonyl (C=O) groups excluding carboxylic acids is 1. The second kappa shape index (κ2) is 9.51. The summed E-state index contributed by atoms with van der Waals surface area (Å²) in [7, 11) is 0. The second-order valence-corrected chi connectivity index (χ2v) is 6.71. The maximum Gasteiger partial charge on any atom is 0.244 e. The molecule has 0 bridgehead atoms. The van der Waals surface area contributed by atoms with Crippen LogP contribution >= 0.6 is 0 Å². The Balaban J connectivity index is 1.58. The lowest BCUT2D eigenvalue weighted by molar-refractivity contribution is -0.120. The Bertz CT molecular complexity index is 965. The van der Waals surface area contributed by atoms with Crippen LogP contribution in [0.3, 0.4) is 0 Å². The van der Waals surface area contributed by atoms with Crippen LogP contribution in [0.2, 0.25) is 0 Å². The quantitative estimate of drug-likeness (QED) is 0.488. The molecule has 0 saturated carbocycles. The van der Waals surface area contributed by atoms with Gasteiger partial charge in [0.25, 0.3) is 0 Å². The first kappa shape index (κ1) is 19.4. The molecule has 1 N–H and O–H groups in total. The second-order valence-electron chi connectivity index (χ2n) is 6.71. The van der Waals surface area contributed by atoms with Gasteiger partial charge in [-0.1, -0.05) is 66.2 Å². The molecule has 0 fully saturated rings. The summed E-state index contributed by atoms with van der Waals surface area (Å²) >= 11 is 0. The fourth-order valence-electron chi connectivity index (χ4n) is 2.88. The maximum atomic E-state index is 12.2. The molecule has 0 radical (unpaired) electrons. The maximum absolute atomic E-state index is 12.2. The van der Waals surface area contributed by atoms with Crippen molar-refractivity contribution < 1.29 is 9.53 Å². The van der Waals surface area contributed by atoms with E-state index in [0.717, 1.165) is 28.0 Å². The average molecular weight is 372 g/mol. The number of hydrogen-bond donors (Lipinski definition) is 1. The highest BCUT2D eigenvalue weighted by Gasteiger charge is 2.06. The van der Waals surface area contributed by atoms with E-state index < -0.39 is 0 Å². The lowest BCUT2D eigenvalue weighted by Crippen LogP contribution is -2.20. The monoisotopic (exact) mass is 372 g/mol. The highest BCUT2D eigenvalue weighted by molar-refractivity contribution is 5.85. The van der Waals surface area contributed by atoms with Crippen molar-refractivity contribution in [3.8, 4) is 5.75 Å². The van der Waals surface area contributed by atoms with Gasteiger partial charge < -0.3 is 4.74 Å². The number of para-hydroxylation sites is 1. The van der Waals surface area contributed by atoms with Crippen LogP contribution in [-0.4, -0.2) is 12.1 Å². The summed E-state index contributed by atoms with van der Waals surface area (Å²) in [5, 5.41) is 4.10. The van der Waals surface area contributed by atoms with E-state index in [4.69, 9.17) is 4.74 Å². The minimum Gasteiger partial charge on any atom is -0.488 e. The zero-order chi connectivity index (χ0) is 19.8. The number of rotatable bonds is 7. The Hall–Kier alpha value is -3.40. The largest absolute Gasteiger partial charge is 0.488 e. The Kier molecular flexibility index (Phi) is 6.58. The molecule has 3 aromatic carbocycles. The summed E-state index contributed by atoms with van der Waals surface area (Å²) in [6.45, 7) is 4.53. The van der Waals surface area contributed by atoms with E-state index in [2.05, 4.69) is 16.6 Å². The molecule has 0 aliphatic rings. The lowest BCUT2D eigenvalue weighted by atomic mass is 10.0. The van der Waals surface area contributed by atoms with Crippen molar-refractivity contribution in [2.24, 2.45) is 5.10 Å². The van der Waals surface area contributed by atoms with Crippen molar-refractivity contribution in [1.29, 1.82) is 0 Å². The SMILES string of the molecule is Cc1ccc(CC(=O)N/N=C\c2ccccc2OCc2ccccc2)c(C)c1. The average Bonchev–Trinajstić information content (AvgIpc) is 2.70. The minimum absolute atomic E-state index is 0.147. The summed E-state index contributed by atoms with van der Waals surface area (Å²) < 4.78 is 5.90. The van der Waals surface area contributed by atoms with E-state index in [-0.39, 0.29) is 5.91 Å². The number of hydrazone groups is 1. The first-order chi connectivity index (χ1) is 13.6. The molecule has 0 heterocycles. The Morgan fingerprint density at radius 1 is 1.00 bits per heavy atom. The van der Waals surface area contributed by atoms with Crippen LogP contribution in [0.25, 0.3) is 0 Å². The molecular weight excluding hydrogens is 348 g/mol. The molecule has 0 aliphatic heterocycles. The van der Waals surface area contributed by atoms with Gasteiger partial charge >= 0.3 is 0 Å². The molecule has 3 aromatic rings. The van der Waals surface area contributed by atoms with E-state index in [9.17, 15) is 4.79 Å². The molecule has 0 atom stereocenters. The molecule has 4 nitrogen and oxygen atoms in total. The summed E-state index contributed by atoms with van der Waals surface area (Å²) in [5.41, 5.74) is 7.80. The van der Waals surface area contributed by atoms with Crippen LogP contribution in [0.15, 0.2) is 77.9 Å². The number of nitrogens with zero attached hydrogens (tertiary/aromatic N) is 1. The van der Waals surface area contributed by atoms with E-state index in [1.807, 2.05) is 80.6 Å². The molecule has 1 amide bonds. The van der Waals surface area contributed by atoms with E-state index in [1.54, 1.807) is 6.21 Å². The van der Waals surface area contributed by atoms with E-state index in [1.165, 1.54) is 5.56 Å². The van der Waals surface area contributed by atoms with E-state index >= 15 is 0 Å². The van der Waals surface area contributed by atoms with Crippen molar-refractivity contribution in [3.05, 3.63) is 101 Å². The van der Waals surface area contributed by atoms with Gasteiger partial charge in [0.05, 0.1) is 12.6 Å². The Morgan fingerprint density at radius 3 is 2.54 bits per heavy atom. The Labute approximate surface area is 165 Å². The van der Waals surface area contributed by atoms with Gasteiger partial charge in [-0.05, 0) is 42.7 Å². The highest BCUT2D eigenvalue weighted by Crippen LogP contribution is 2.17. The van der Waals surface area contributed by atoms with Gasteiger partial charge in [-0.3, -0.25) is 4.79 Å². The molecule has 0 saturated heterocycles. The third-order valence-corrected chi connectivity index (χ3v) is 4.40. The lowest BCUT2D eigenvalue weighted by Gasteiger charge is -2.09. The molecule has 142 valence electrons. The van der Waals surface area contributed by atoms with Crippen LogP contribution in [0.5, 0.6) is 5.75 Å². The highest BCUT2D eigenvalue weighted by atomic mass is 16.5. The van der Waals surface area contributed by atoms with Gasteiger partial charge in [-0.2, -0.15) is 5.10 Å². The molecular formula is C24H24N2O2. The normalized spacial score (nSPS) is 10.8. The summed E-state index contributed by atoms with van der Waals surface area (Å²) in [4.78, 5) is 12.2. The third kappa shape index (κ3) is 5.55. The molecule has 4 heteroatoms.